The number of aromatic amines is 1. The Bertz CT molecular complexity index is 632. The smallest absolute Gasteiger partial charge is 0.132 e. The van der Waals surface area contributed by atoms with Crippen molar-refractivity contribution in [3.63, 3.8) is 0 Å². The maximum Gasteiger partial charge on any atom is 0.132 e. The largest absolute Gasteiger partial charge is 0.347 e. The zero-order valence-electron chi connectivity index (χ0n) is 11.5. The van der Waals surface area contributed by atoms with Crippen molar-refractivity contribution in [2.24, 2.45) is 11.1 Å². The molecule has 0 spiro atoms. The highest BCUT2D eigenvalue weighted by Crippen LogP contribution is 2.32. The fourth-order valence-electron chi connectivity index (χ4n) is 1.81. The van der Waals surface area contributed by atoms with Gasteiger partial charge in [-0.15, -0.1) is 6.58 Å². The first-order valence-electron chi connectivity index (χ1n) is 6.25. The average Bonchev–Trinajstić information content (AvgIpc) is 2.90. The summed E-state index contributed by atoms with van der Waals surface area (Å²) in [5.74, 6) is -0.531. The van der Waals surface area contributed by atoms with Crippen molar-refractivity contribution in [3.8, 4) is 11.3 Å². The van der Waals surface area contributed by atoms with Gasteiger partial charge < -0.3 is 10.7 Å². The number of rotatable bonds is 4. The Morgan fingerprint density at radius 2 is 2.10 bits per heavy atom. The van der Waals surface area contributed by atoms with E-state index in [0.29, 0.717) is 11.5 Å². The maximum atomic E-state index is 13.7. The van der Waals surface area contributed by atoms with E-state index in [1.807, 2.05) is 13.8 Å². The third-order valence-electron chi connectivity index (χ3n) is 3.42. The van der Waals surface area contributed by atoms with Gasteiger partial charge in [-0.05, 0) is 18.2 Å². The van der Waals surface area contributed by atoms with E-state index in [4.69, 9.17) is 5.73 Å². The number of hydrogen-bond donors (Lipinski definition) is 2. The van der Waals surface area contributed by atoms with Crippen molar-refractivity contribution in [2.75, 3.05) is 0 Å². The molecule has 1 aromatic heterocycles. The van der Waals surface area contributed by atoms with Crippen LogP contribution in [-0.2, 0) is 0 Å². The minimum atomic E-state index is -0.527. The van der Waals surface area contributed by atoms with E-state index in [1.165, 1.54) is 6.20 Å². The molecule has 1 aromatic carbocycles. The first kappa shape index (κ1) is 14.4. The summed E-state index contributed by atoms with van der Waals surface area (Å²) in [6.45, 7) is 7.59. The van der Waals surface area contributed by atoms with Gasteiger partial charge in [-0.1, -0.05) is 19.9 Å². The summed E-state index contributed by atoms with van der Waals surface area (Å²) >= 11 is 0. The van der Waals surface area contributed by atoms with Gasteiger partial charge in [-0.3, -0.25) is 0 Å². The molecule has 0 saturated carbocycles. The standard InChI is InChI=1S/C15H17F2N3/c1-4-15(2,3)13(18)14-19-8-12(20-14)10-7-9(16)5-6-11(10)17/h4-8,13H,1,18H2,2-3H3,(H,19,20)/t13-/m0/s1. The van der Waals surface area contributed by atoms with Crippen molar-refractivity contribution in [1.29, 1.82) is 0 Å². The Labute approximate surface area is 116 Å². The lowest BCUT2D eigenvalue weighted by atomic mass is 9.85. The molecule has 0 aliphatic carbocycles. The minimum absolute atomic E-state index is 0.108. The molecule has 1 atom stereocenters. The van der Waals surface area contributed by atoms with Crippen LogP contribution in [0.15, 0.2) is 37.1 Å². The third kappa shape index (κ3) is 2.63. The quantitative estimate of drug-likeness (QED) is 0.839. The summed E-state index contributed by atoms with van der Waals surface area (Å²) in [6.07, 6.45) is 3.26. The van der Waals surface area contributed by atoms with Crippen LogP contribution in [0.5, 0.6) is 0 Å². The second-order valence-corrected chi connectivity index (χ2v) is 5.30. The highest BCUT2D eigenvalue weighted by molar-refractivity contribution is 5.59. The Kier molecular flexibility index (Phi) is 3.72. The summed E-state index contributed by atoms with van der Waals surface area (Å²) in [4.78, 5) is 7.18. The molecule has 2 rings (SSSR count). The molecule has 1 heterocycles. The molecule has 3 nitrogen and oxygen atoms in total. The first-order valence-corrected chi connectivity index (χ1v) is 6.25. The number of benzene rings is 1. The van der Waals surface area contributed by atoms with Crippen LogP contribution >= 0.6 is 0 Å². The molecule has 0 amide bonds. The van der Waals surface area contributed by atoms with Crippen molar-refractivity contribution in [1.82, 2.24) is 9.97 Å². The number of imidazole rings is 1. The van der Waals surface area contributed by atoms with Crippen LogP contribution in [0, 0.1) is 17.0 Å². The Morgan fingerprint density at radius 3 is 2.75 bits per heavy atom. The molecular weight excluding hydrogens is 260 g/mol. The first-order chi connectivity index (χ1) is 9.35. The van der Waals surface area contributed by atoms with Gasteiger partial charge in [-0.2, -0.15) is 0 Å². The highest BCUT2D eigenvalue weighted by atomic mass is 19.1. The summed E-state index contributed by atoms with van der Waals surface area (Å²) in [7, 11) is 0. The molecule has 0 saturated heterocycles. The monoisotopic (exact) mass is 277 g/mol. The number of halogens is 2. The normalized spacial score (nSPS) is 13.2. The lowest BCUT2D eigenvalue weighted by molar-refractivity contribution is 0.369. The lowest BCUT2D eigenvalue weighted by Crippen LogP contribution is -2.28. The van der Waals surface area contributed by atoms with E-state index >= 15 is 0 Å². The van der Waals surface area contributed by atoms with E-state index in [0.717, 1.165) is 18.2 Å². The second kappa shape index (κ2) is 5.17. The molecular formula is C15H17F2N3. The highest BCUT2D eigenvalue weighted by Gasteiger charge is 2.27. The molecule has 5 heteroatoms. The molecule has 3 N–H and O–H groups in total. The summed E-state index contributed by atoms with van der Waals surface area (Å²) < 4.78 is 26.9. The number of nitrogens with zero attached hydrogens (tertiary/aromatic N) is 1. The number of aromatic nitrogens is 2. The van der Waals surface area contributed by atoms with Gasteiger partial charge >= 0.3 is 0 Å². The van der Waals surface area contributed by atoms with Gasteiger partial charge in [-0.25, -0.2) is 13.8 Å². The van der Waals surface area contributed by atoms with E-state index in [9.17, 15) is 8.78 Å². The van der Waals surface area contributed by atoms with Gasteiger partial charge in [0.15, 0.2) is 0 Å². The van der Waals surface area contributed by atoms with Crippen LogP contribution in [0.25, 0.3) is 11.3 Å². The van der Waals surface area contributed by atoms with Crippen molar-refractivity contribution in [2.45, 2.75) is 19.9 Å². The van der Waals surface area contributed by atoms with Crippen LogP contribution < -0.4 is 5.73 Å². The number of H-pyrrole nitrogens is 1. The molecule has 20 heavy (non-hydrogen) atoms. The third-order valence-corrected chi connectivity index (χ3v) is 3.42. The predicted molar refractivity (Wildman–Crippen MR) is 74.8 cm³/mol. The molecule has 0 aliphatic rings. The fraction of sp³-hybridized carbons (Fsp3) is 0.267. The Hall–Kier alpha value is -2.01. The van der Waals surface area contributed by atoms with Crippen LogP contribution in [0.4, 0.5) is 8.78 Å². The van der Waals surface area contributed by atoms with E-state index < -0.39 is 17.7 Å². The second-order valence-electron chi connectivity index (χ2n) is 5.30. The number of nitrogens with two attached hydrogens (primary N) is 1. The summed E-state index contributed by atoms with van der Waals surface area (Å²) in [6, 6.07) is 2.84. The zero-order chi connectivity index (χ0) is 14.9. The molecule has 2 aromatic rings. The molecule has 0 unspecified atom stereocenters. The van der Waals surface area contributed by atoms with E-state index in [2.05, 4.69) is 16.5 Å². The molecule has 0 aliphatic heterocycles. The minimum Gasteiger partial charge on any atom is -0.347 e. The van der Waals surface area contributed by atoms with E-state index in [1.54, 1.807) is 6.08 Å². The molecule has 0 radical (unpaired) electrons. The van der Waals surface area contributed by atoms with Crippen LogP contribution in [0.3, 0.4) is 0 Å². The SMILES string of the molecule is C=CC(C)(C)[C@@H](N)c1nc(-c2cc(F)ccc2F)c[nH]1. The lowest BCUT2D eigenvalue weighted by Gasteiger charge is -2.26. The number of hydrogen-bond acceptors (Lipinski definition) is 2. The van der Waals surface area contributed by atoms with Crippen molar-refractivity contribution in [3.05, 3.63) is 54.5 Å². The van der Waals surface area contributed by atoms with Crippen molar-refractivity contribution < 1.29 is 8.78 Å². The summed E-state index contributed by atoms with van der Waals surface area (Å²) in [5, 5.41) is 0. The zero-order valence-corrected chi connectivity index (χ0v) is 11.5. The summed E-state index contributed by atoms with van der Waals surface area (Å²) in [5.41, 5.74) is 6.18. The maximum absolute atomic E-state index is 13.7. The predicted octanol–water partition coefficient (Wildman–Crippen LogP) is 3.57. The number of nitrogens with one attached hydrogen (secondary N) is 1. The van der Waals surface area contributed by atoms with Gasteiger partial charge in [0.05, 0.1) is 11.7 Å². The topological polar surface area (TPSA) is 54.7 Å². The van der Waals surface area contributed by atoms with Crippen LogP contribution in [-0.4, -0.2) is 9.97 Å². The van der Waals surface area contributed by atoms with Gasteiger partial charge in [0, 0.05) is 17.2 Å². The molecule has 0 bridgehead atoms. The fourth-order valence-corrected chi connectivity index (χ4v) is 1.81. The van der Waals surface area contributed by atoms with E-state index in [-0.39, 0.29) is 11.0 Å². The van der Waals surface area contributed by atoms with Crippen LogP contribution in [0.1, 0.15) is 25.7 Å². The van der Waals surface area contributed by atoms with Crippen LogP contribution in [0.2, 0.25) is 0 Å². The van der Waals surface area contributed by atoms with Crippen molar-refractivity contribution >= 4 is 0 Å². The van der Waals surface area contributed by atoms with Gasteiger partial charge in [0.25, 0.3) is 0 Å². The average molecular weight is 277 g/mol. The Balaban J connectivity index is 2.38. The Morgan fingerprint density at radius 1 is 1.40 bits per heavy atom. The molecule has 106 valence electrons. The molecule has 0 fully saturated rings. The van der Waals surface area contributed by atoms with Gasteiger partial charge in [0.2, 0.25) is 0 Å². The van der Waals surface area contributed by atoms with Gasteiger partial charge in [0.1, 0.15) is 17.5 Å².